The quantitative estimate of drug-likeness (QED) is 0.768. The van der Waals surface area contributed by atoms with E-state index in [9.17, 15) is 14.0 Å². The second-order valence-corrected chi connectivity index (χ2v) is 7.85. The highest BCUT2D eigenvalue weighted by Crippen LogP contribution is 2.35. The molecule has 1 aliphatic carbocycles. The van der Waals surface area contributed by atoms with Crippen LogP contribution in [-0.2, 0) is 24.2 Å². The van der Waals surface area contributed by atoms with Crippen molar-refractivity contribution < 1.29 is 9.18 Å². The second-order valence-electron chi connectivity index (χ2n) is 6.76. The molecule has 3 aromatic rings. The molecule has 1 unspecified atom stereocenters. The molecule has 0 aliphatic heterocycles. The van der Waals surface area contributed by atoms with Crippen LogP contribution in [0.1, 0.15) is 23.8 Å². The van der Waals surface area contributed by atoms with Crippen molar-refractivity contribution in [2.45, 2.75) is 32.7 Å². The normalized spacial score (nSPS) is 16.5. The van der Waals surface area contributed by atoms with Crippen LogP contribution in [0.2, 0.25) is 0 Å². The van der Waals surface area contributed by atoms with Gasteiger partial charge in [-0.25, -0.2) is 9.37 Å². The first-order chi connectivity index (χ1) is 12.5. The van der Waals surface area contributed by atoms with Crippen molar-refractivity contribution in [2.24, 2.45) is 5.92 Å². The lowest BCUT2D eigenvalue weighted by Crippen LogP contribution is -2.28. The number of hydrogen-bond acceptors (Lipinski definition) is 4. The molecule has 1 N–H and O–H groups in total. The molecule has 7 heteroatoms. The number of amides is 1. The highest BCUT2D eigenvalue weighted by molar-refractivity contribution is 7.18. The molecule has 1 aliphatic rings. The van der Waals surface area contributed by atoms with E-state index in [0.29, 0.717) is 17.0 Å². The average Bonchev–Trinajstić information content (AvgIpc) is 2.97. The van der Waals surface area contributed by atoms with Gasteiger partial charge < -0.3 is 5.32 Å². The van der Waals surface area contributed by atoms with E-state index >= 15 is 0 Å². The van der Waals surface area contributed by atoms with Gasteiger partial charge in [-0.3, -0.25) is 14.2 Å². The number of anilines is 1. The van der Waals surface area contributed by atoms with Crippen molar-refractivity contribution in [3.63, 3.8) is 0 Å². The first kappa shape index (κ1) is 16.9. The van der Waals surface area contributed by atoms with Crippen molar-refractivity contribution >= 4 is 33.1 Å². The summed E-state index contributed by atoms with van der Waals surface area (Å²) in [6, 6.07) is 5.50. The summed E-state index contributed by atoms with van der Waals surface area (Å²) in [6.45, 7) is 2.10. The smallest absolute Gasteiger partial charge is 0.262 e. The van der Waals surface area contributed by atoms with Gasteiger partial charge in [0.25, 0.3) is 5.56 Å². The van der Waals surface area contributed by atoms with Gasteiger partial charge in [0.05, 0.1) is 11.7 Å². The van der Waals surface area contributed by atoms with Gasteiger partial charge in [0.15, 0.2) is 0 Å². The number of thiophene rings is 1. The highest BCUT2D eigenvalue weighted by atomic mass is 32.1. The van der Waals surface area contributed by atoms with Crippen LogP contribution >= 0.6 is 11.3 Å². The molecular weight excluding hydrogens is 353 g/mol. The third-order valence-corrected chi connectivity index (χ3v) is 5.89. The van der Waals surface area contributed by atoms with Crippen LogP contribution in [0.5, 0.6) is 0 Å². The Labute approximate surface area is 153 Å². The van der Waals surface area contributed by atoms with E-state index in [-0.39, 0.29) is 23.8 Å². The molecule has 134 valence electrons. The third kappa shape index (κ3) is 3.14. The number of rotatable bonds is 3. The second kappa shape index (κ2) is 6.64. The Morgan fingerprint density at radius 1 is 1.38 bits per heavy atom. The third-order valence-electron chi connectivity index (χ3n) is 4.72. The van der Waals surface area contributed by atoms with Crippen LogP contribution in [0, 0.1) is 11.7 Å². The lowest BCUT2D eigenvalue weighted by Gasteiger charge is -2.17. The van der Waals surface area contributed by atoms with E-state index in [1.54, 1.807) is 11.3 Å². The monoisotopic (exact) mass is 371 g/mol. The van der Waals surface area contributed by atoms with Gasteiger partial charge in [-0.1, -0.05) is 6.92 Å². The number of hydrogen-bond donors (Lipinski definition) is 1. The Bertz CT molecular complexity index is 1040. The number of aromatic nitrogens is 2. The number of halogens is 1. The summed E-state index contributed by atoms with van der Waals surface area (Å²) in [5.41, 5.74) is 1.42. The van der Waals surface area contributed by atoms with Crippen LogP contribution in [0.3, 0.4) is 0 Å². The number of benzene rings is 1. The van der Waals surface area contributed by atoms with Crippen molar-refractivity contribution in [2.75, 3.05) is 5.32 Å². The fraction of sp³-hybridized carbons (Fsp3) is 0.316. The molecule has 5 nitrogen and oxygen atoms in total. The number of aryl methyl sites for hydroxylation is 1. The van der Waals surface area contributed by atoms with Crippen LogP contribution in [0.4, 0.5) is 10.1 Å². The molecular formula is C19H18FN3O2S. The summed E-state index contributed by atoms with van der Waals surface area (Å²) in [5, 5.41) is 3.33. The maximum absolute atomic E-state index is 12.9. The topological polar surface area (TPSA) is 64.0 Å². The Morgan fingerprint density at radius 2 is 2.15 bits per heavy atom. The number of nitrogens with one attached hydrogen (secondary N) is 1. The maximum atomic E-state index is 12.9. The molecule has 0 saturated carbocycles. The molecule has 0 saturated heterocycles. The molecule has 4 rings (SSSR count). The van der Waals surface area contributed by atoms with Crippen LogP contribution in [0.25, 0.3) is 10.2 Å². The summed E-state index contributed by atoms with van der Waals surface area (Å²) in [4.78, 5) is 31.5. The fourth-order valence-electron chi connectivity index (χ4n) is 3.37. The number of fused-ring (bicyclic) bond motifs is 3. The Hall–Kier alpha value is -2.54. The van der Waals surface area contributed by atoms with Gasteiger partial charge >= 0.3 is 0 Å². The van der Waals surface area contributed by atoms with E-state index in [2.05, 4.69) is 17.2 Å². The van der Waals surface area contributed by atoms with Crippen LogP contribution in [-0.4, -0.2) is 15.5 Å². The molecule has 0 bridgehead atoms. The van der Waals surface area contributed by atoms with Crippen LogP contribution < -0.4 is 10.9 Å². The predicted octanol–water partition coefficient (Wildman–Crippen LogP) is 3.36. The van der Waals surface area contributed by atoms with E-state index in [4.69, 9.17) is 0 Å². The lowest BCUT2D eigenvalue weighted by atomic mass is 9.89. The molecule has 1 amide bonds. The summed E-state index contributed by atoms with van der Waals surface area (Å²) in [5.74, 6) is -0.0951. The largest absolute Gasteiger partial charge is 0.325 e. The van der Waals surface area contributed by atoms with Gasteiger partial charge in [0.1, 0.15) is 17.2 Å². The molecule has 1 atom stereocenters. The van der Waals surface area contributed by atoms with Gasteiger partial charge in [-0.05, 0) is 55.0 Å². The minimum atomic E-state index is -0.370. The summed E-state index contributed by atoms with van der Waals surface area (Å²) in [7, 11) is 0. The lowest BCUT2D eigenvalue weighted by molar-refractivity contribution is -0.116. The molecule has 26 heavy (non-hydrogen) atoms. The van der Waals surface area contributed by atoms with E-state index in [1.807, 2.05) is 0 Å². The van der Waals surface area contributed by atoms with E-state index < -0.39 is 0 Å². The minimum Gasteiger partial charge on any atom is -0.325 e. The predicted molar refractivity (Wildman–Crippen MR) is 100 cm³/mol. The highest BCUT2D eigenvalue weighted by Gasteiger charge is 2.23. The maximum Gasteiger partial charge on any atom is 0.262 e. The number of nitrogens with zero attached hydrogens (tertiary/aromatic N) is 2. The Balaban J connectivity index is 1.61. The molecule has 2 aromatic heterocycles. The van der Waals surface area contributed by atoms with Crippen molar-refractivity contribution in [3.05, 3.63) is 57.2 Å². The van der Waals surface area contributed by atoms with E-state index in [0.717, 1.165) is 29.7 Å². The zero-order valence-electron chi connectivity index (χ0n) is 14.3. The molecule has 0 fully saturated rings. The van der Waals surface area contributed by atoms with Crippen molar-refractivity contribution in [3.8, 4) is 0 Å². The zero-order valence-corrected chi connectivity index (χ0v) is 15.1. The first-order valence-corrected chi connectivity index (χ1v) is 9.38. The van der Waals surface area contributed by atoms with Crippen LogP contribution in [0.15, 0.2) is 35.4 Å². The van der Waals surface area contributed by atoms with Gasteiger partial charge in [0, 0.05) is 10.6 Å². The van der Waals surface area contributed by atoms with Crippen molar-refractivity contribution in [1.82, 2.24) is 9.55 Å². The summed E-state index contributed by atoms with van der Waals surface area (Å²) >= 11 is 1.59. The zero-order chi connectivity index (χ0) is 18.3. The van der Waals surface area contributed by atoms with Gasteiger partial charge in [0.2, 0.25) is 5.91 Å². The number of carbonyl (C=O) groups is 1. The van der Waals surface area contributed by atoms with Gasteiger partial charge in [-0.2, -0.15) is 0 Å². The fourth-order valence-corrected chi connectivity index (χ4v) is 4.71. The molecule has 2 heterocycles. The van der Waals surface area contributed by atoms with E-state index in [1.165, 1.54) is 40.0 Å². The average molecular weight is 371 g/mol. The Morgan fingerprint density at radius 3 is 2.92 bits per heavy atom. The summed E-state index contributed by atoms with van der Waals surface area (Å²) in [6.07, 6.45) is 4.37. The van der Waals surface area contributed by atoms with Crippen molar-refractivity contribution in [1.29, 1.82) is 0 Å². The molecule has 0 spiro atoms. The summed E-state index contributed by atoms with van der Waals surface area (Å²) < 4.78 is 14.3. The molecule has 1 aromatic carbocycles. The van der Waals surface area contributed by atoms with Gasteiger partial charge in [-0.15, -0.1) is 11.3 Å². The number of carbonyl (C=O) groups excluding carboxylic acids is 1. The standard InChI is InChI=1S/C19H18FN3O2S/c1-11-2-7-14-15(8-11)26-18-17(14)19(25)23(10-21-18)9-16(24)22-13-5-3-12(20)4-6-13/h3-6,10-11H,2,7-9H2,1H3,(H,22,24). The SMILES string of the molecule is CC1CCc2c(sc3ncn(CC(=O)Nc4ccc(F)cc4)c(=O)c23)C1. The molecule has 0 radical (unpaired) electrons. The Kier molecular flexibility index (Phi) is 4.32. The minimum absolute atomic E-state index is 0.125. The first-order valence-electron chi connectivity index (χ1n) is 8.56.